The van der Waals surface area contributed by atoms with Crippen molar-refractivity contribution in [1.82, 2.24) is 10.2 Å². The Kier molecular flexibility index (Phi) is 5.13. The van der Waals surface area contributed by atoms with Crippen molar-refractivity contribution in [2.45, 2.75) is 6.04 Å². The molecular weight excluding hydrogens is 272 g/mol. The lowest BCUT2D eigenvalue weighted by Crippen LogP contribution is -2.58. The Hall–Kier alpha value is -2.12. The van der Waals surface area contributed by atoms with Crippen LogP contribution in [0, 0.1) is 0 Å². The molecule has 4 N–H and O–H groups in total. The number of hydrogen-bond donors (Lipinski definition) is 3. The first-order valence-electron chi connectivity index (χ1n) is 6.78. The van der Waals surface area contributed by atoms with Crippen LogP contribution < -0.4 is 21.1 Å². The van der Waals surface area contributed by atoms with E-state index < -0.39 is 11.9 Å². The van der Waals surface area contributed by atoms with Crippen LogP contribution in [-0.4, -0.2) is 56.0 Å². The maximum atomic E-state index is 12.0. The summed E-state index contributed by atoms with van der Waals surface area (Å²) in [6.45, 7) is 1.97. The minimum Gasteiger partial charge on any atom is -0.497 e. The summed E-state index contributed by atoms with van der Waals surface area (Å²) in [5, 5.41) is 5.88. The number of rotatable bonds is 5. The van der Waals surface area contributed by atoms with Gasteiger partial charge in [0.15, 0.2) is 0 Å². The van der Waals surface area contributed by atoms with Crippen LogP contribution >= 0.6 is 0 Å². The number of carbonyl (C=O) groups excluding carboxylic acids is 2. The molecule has 7 heteroatoms. The van der Waals surface area contributed by atoms with E-state index in [9.17, 15) is 9.59 Å². The second kappa shape index (κ2) is 7.05. The fourth-order valence-electron chi connectivity index (χ4n) is 2.28. The minimum absolute atomic E-state index is 0.140. The lowest BCUT2D eigenvalue weighted by molar-refractivity contribution is -0.125. The van der Waals surface area contributed by atoms with Crippen LogP contribution in [0.3, 0.4) is 0 Å². The predicted molar refractivity (Wildman–Crippen MR) is 79.0 cm³/mol. The zero-order valence-corrected chi connectivity index (χ0v) is 12.0. The molecule has 0 saturated carbocycles. The Morgan fingerprint density at radius 1 is 1.43 bits per heavy atom. The summed E-state index contributed by atoms with van der Waals surface area (Å²) in [7, 11) is 1.59. The molecule has 21 heavy (non-hydrogen) atoms. The van der Waals surface area contributed by atoms with Gasteiger partial charge in [0, 0.05) is 25.3 Å². The van der Waals surface area contributed by atoms with Crippen LogP contribution in [0.2, 0.25) is 0 Å². The van der Waals surface area contributed by atoms with E-state index in [0.717, 1.165) is 12.3 Å². The molecule has 1 aromatic carbocycles. The molecule has 1 atom stereocenters. The maximum absolute atomic E-state index is 12.0. The number of benzene rings is 1. The third-order valence-corrected chi connectivity index (χ3v) is 3.40. The zero-order valence-electron chi connectivity index (χ0n) is 12.0. The Morgan fingerprint density at radius 3 is 2.76 bits per heavy atom. The van der Waals surface area contributed by atoms with Crippen molar-refractivity contribution in [3.63, 3.8) is 0 Å². The second-order valence-corrected chi connectivity index (χ2v) is 4.87. The maximum Gasteiger partial charge on any atom is 0.238 e. The molecule has 0 bridgehead atoms. The summed E-state index contributed by atoms with van der Waals surface area (Å²) >= 11 is 0. The molecule has 1 unspecified atom stereocenters. The molecule has 7 nitrogen and oxygen atoms in total. The smallest absolute Gasteiger partial charge is 0.238 e. The van der Waals surface area contributed by atoms with Crippen molar-refractivity contribution in [3.05, 3.63) is 24.3 Å². The summed E-state index contributed by atoms with van der Waals surface area (Å²) in [5.41, 5.74) is 6.04. The van der Waals surface area contributed by atoms with E-state index in [4.69, 9.17) is 10.5 Å². The van der Waals surface area contributed by atoms with Crippen molar-refractivity contribution in [2.24, 2.45) is 5.73 Å². The molecule has 0 radical (unpaired) electrons. The SMILES string of the molecule is COc1ccc(NC(=O)CN2CCNCC2C(N)=O)cc1. The normalized spacial score (nSPS) is 19.0. The van der Waals surface area contributed by atoms with Gasteiger partial charge in [0.25, 0.3) is 0 Å². The van der Waals surface area contributed by atoms with E-state index in [1.807, 2.05) is 0 Å². The third-order valence-electron chi connectivity index (χ3n) is 3.40. The molecular formula is C14H20N4O3. The minimum atomic E-state index is -0.444. The van der Waals surface area contributed by atoms with E-state index in [0.29, 0.717) is 18.8 Å². The average Bonchev–Trinajstić information content (AvgIpc) is 2.48. The molecule has 1 saturated heterocycles. The van der Waals surface area contributed by atoms with Crippen LogP contribution in [0.1, 0.15) is 0 Å². The monoisotopic (exact) mass is 292 g/mol. The molecule has 2 rings (SSSR count). The van der Waals surface area contributed by atoms with Crippen LogP contribution in [0.4, 0.5) is 5.69 Å². The third kappa shape index (κ3) is 4.17. The summed E-state index contributed by atoms with van der Waals surface area (Å²) in [6, 6.07) is 6.62. The van der Waals surface area contributed by atoms with Crippen LogP contribution in [0.15, 0.2) is 24.3 Å². The van der Waals surface area contributed by atoms with Crippen LogP contribution in [0.25, 0.3) is 0 Å². The molecule has 1 aromatic rings. The number of ether oxygens (including phenoxy) is 1. The number of nitrogens with zero attached hydrogens (tertiary/aromatic N) is 1. The van der Waals surface area contributed by atoms with Gasteiger partial charge in [-0.15, -0.1) is 0 Å². The fourth-order valence-corrected chi connectivity index (χ4v) is 2.28. The number of piperazine rings is 1. The van der Waals surface area contributed by atoms with E-state index in [1.165, 1.54) is 0 Å². The van der Waals surface area contributed by atoms with Gasteiger partial charge in [-0.25, -0.2) is 0 Å². The summed E-state index contributed by atoms with van der Waals surface area (Å²) in [4.78, 5) is 25.2. The standard InChI is InChI=1S/C14H20N4O3/c1-21-11-4-2-10(3-5-11)17-13(19)9-18-7-6-16-8-12(18)14(15)20/h2-5,12,16H,6-9H2,1H3,(H2,15,20)(H,17,19). The van der Waals surface area contributed by atoms with Crippen molar-refractivity contribution in [1.29, 1.82) is 0 Å². The van der Waals surface area contributed by atoms with Gasteiger partial charge in [0.05, 0.1) is 13.7 Å². The fraction of sp³-hybridized carbons (Fsp3) is 0.429. The van der Waals surface area contributed by atoms with E-state index in [-0.39, 0.29) is 12.5 Å². The number of nitrogens with two attached hydrogens (primary N) is 1. The second-order valence-electron chi connectivity index (χ2n) is 4.87. The first-order valence-corrected chi connectivity index (χ1v) is 6.78. The quantitative estimate of drug-likeness (QED) is 0.673. The summed E-state index contributed by atoms with van der Waals surface area (Å²) < 4.78 is 5.06. The van der Waals surface area contributed by atoms with Crippen molar-refractivity contribution in [3.8, 4) is 5.75 Å². The van der Waals surface area contributed by atoms with Gasteiger partial charge in [-0.3, -0.25) is 14.5 Å². The van der Waals surface area contributed by atoms with Gasteiger partial charge in [-0.2, -0.15) is 0 Å². The highest BCUT2D eigenvalue weighted by Gasteiger charge is 2.28. The molecule has 1 aliphatic heterocycles. The molecule has 0 spiro atoms. The molecule has 1 fully saturated rings. The molecule has 0 aromatic heterocycles. The number of amides is 2. The zero-order chi connectivity index (χ0) is 15.2. The highest BCUT2D eigenvalue weighted by Crippen LogP contribution is 2.15. The van der Waals surface area contributed by atoms with Gasteiger partial charge < -0.3 is 21.1 Å². The Bertz CT molecular complexity index is 503. The Labute approximate surface area is 123 Å². The van der Waals surface area contributed by atoms with Crippen LogP contribution in [0.5, 0.6) is 5.75 Å². The number of carbonyl (C=O) groups is 2. The Balaban J connectivity index is 1.92. The lowest BCUT2D eigenvalue weighted by Gasteiger charge is -2.33. The van der Waals surface area contributed by atoms with Crippen molar-refractivity contribution < 1.29 is 14.3 Å². The summed E-state index contributed by atoms with van der Waals surface area (Å²) in [5.74, 6) is 0.136. The summed E-state index contributed by atoms with van der Waals surface area (Å²) in [6.07, 6.45) is 0. The first kappa shape index (κ1) is 15.3. The molecule has 0 aliphatic carbocycles. The molecule has 1 heterocycles. The van der Waals surface area contributed by atoms with Gasteiger partial charge >= 0.3 is 0 Å². The number of anilines is 1. The first-order chi connectivity index (χ1) is 10.1. The lowest BCUT2D eigenvalue weighted by atomic mass is 10.2. The number of methoxy groups -OCH3 is 1. The van der Waals surface area contributed by atoms with E-state index in [2.05, 4.69) is 10.6 Å². The van der Waals surface area contributed by atoms with Crippen LogP contribution in [-0.2, 0) is 9.59 Å². The average molecular weight is 292 g/mol. The van der Waals surface area contributed by atoms with Gasteiger partial charge in [0.1, 0.15) is 11.8 Å². The van der Waals surface area contributed by atoms with E-state index >= 15 is 0 Å². The van der Waals surface area contributed by atoms with Gasteiger partial charge in [-0.1, -0.05) is 0 Å². The molecule has 1 aliphatic rings. The highest BCUT2D eigenvalue weighted by atomic mass is 16.5. The molecule has 114 valence electrons. The van der Waals surface area contributed by atoms with E-state index in [1.54, 1.807) is 36.3 Å². The van der Waals surface area contributed by atoms with Gasteiger partial charge in [-0.05, 0) is 24.3 Å². The highest BCUT2D eigenvalue weighted by molar-refractivity contribution is 5.92. The predicted octanol–water partition coefficient (Wildman–Crippen LogP) is -0.607. The van der Waals surface area contributed by atoms with Gasteiger partial charge in [0.2, 0.25) is 11.8 Å². The number of hydrogen-bond acceptors (Lipinski definition) is 5. The number of primary amides is 1. The van der Waals surface area contributed by atoms with Crippen molar-refractivity contribution >= 4 is 17.5 Å². The Morgan fingerprint density at radius 2 is 2.14 bits per heavy atom. The molecule has 2 amide bonds. The largest absolute Gasteiger partial charge is 0.497 e. The topological polar surface area (TPSA) is 96.7 Å². The van der Waals surface area contributed by atoms with Crippen molar-refractivity contribution in [2.75, 3.05) is 38.6 Å². The number of nitrogens with one attached hydrogen (secondary N) is 2.